The molecule has 0 atom stereocenters. The summed E-state index contributed by atoms with van der Waals surface area (Å²) in [5.74, 6) is 1.24. The molecule has 7 nitrogen and oxygen atoms in total. The molecule has 1 aliphatic heterocycles. The van der Waals surface area contributed by atoms with E-state index >= 15 is 0 Å². The summed E-state index contributed by atoms with van der Waals surface area (Å²) >= 11 is 0. The largest absolute Gasteiger partial charge is 0.356 e. The van der Waals surface area contributed by atoms with Crippen molar-refractivity contribution in [2.75, 3.05) is 17.7 Å². The minimum atomic E-state index is -3.30. The first-order valence-electron chi connectivity index (χ1n) is 8.48. The fraction of sp³-hybridized carbons (Fsp3) is 0.333. The molecule has 1 aromatic carbocycles. The number of fused-ring (bicyclic) bond motifs is 1. The van der Waals surface area contributed by atoms with Crippen molar-refractivity contribution < 1.29 is 8.42 Å². The van der Waals surface area contributed by atoms with Gasteiger partial charge in [-0.1, -0.05) is 6.07 Å². The molecule has 1 aromatic heterocycles. The Morgan fingerprint density at radius 1 is 1.19 bits per heavy atom. The number of anilines is 1. The molecular weight excluding hydrogens is 352 g/mol. The third-order valence-electron chi connectivity index (χ3n) is 4.24. The third kappa shape index (κ3) is 3.37. The summed E-state index contributed by atoms with van der Waals surface area (Å²) in [7, 11) is -3.30. The molecule has 8 heteroatoms. The lowest BCUT2D eigenvalue weighted by Crippen LogP contribution is -2.43. The van der Waals surface area contributed by atoms with Crippen LogP contribution in [0.3, 0.4) is 0 Å². The maximum atomic E-state index is 12.1. The number of benzene rings is 1. The Bertz CT molecular complexity index is 1020. The number of aliphatic imine (C=N–C) groups is 1. The van der Waals surface area contributed by atoms with Gasteiger partial charge in [0.15, 0.2) is 9.84 Å². The normalized spacial score (nSPS) is 14.0. The third-order valence-corrected chi connectivity index (χ3v) is 5.35. The number of aromatic nitrogens is 1. The first-order valence-corrected chi connectivity index (χ1v) is 10.4. The molecule has 0 spiro atoms. The number of guanidine groups is 1. The smallest absolute Gasteiger partial charge is 0.252 e. The summed E-state index contributed by atoms with van der Waals surface area (Å²) in [6.07, 6.45) is 1.19. The Hall–Kier alpha value is -2.61. The fourth-order valence-corrected chi connectivity index (χ4v) is 3.63. The van der Waals surface area contributed by atoms with Crippen LogP contribution in [-0.2, 0) is 22.9 Å². The van der Waals surface area contributed by atoms with Crippen molar-refractivity contribution in [2.24, 2.45) is 4.99 Å². The van der Waals surface area contributed by atoms with Gasteiger partial charge < -0.3 is 10.2 Å². The van der Waals surface area contributed by atoms with Crippen LogP contribution in [0.2, 0.25) is 0 Å². The summed E-state index contributed by atoms with van der Waals surface area (Å²) in [5.41, 5.74) is 1.56. The van der Waals surface area contributed by atoms with Crippen LogP contribution in [0.15, 0.2) is 51.1 Å². The van der Waals surface area contributed by atoms with Gasteiger partial charge in [0.1, 0.15) is 5.82 Å². The molecule has 0 unspecified atom stereocenters. The molecule has 0 saturated carbocycles. The molecule has 3 rings (SSSR count). The predicted molar refractivity (Wildman–Crippen MR) is 103 cm³/mol. The van der Waals surface area contributed by atoms with Crippen molar-refractivity contribution in [1.29, 1.82) is 0 Å². The average molecular weight is 374 g/mol. The van der Waals surface area contributed by atoms with E-state index < -0.39 is 9.84 Å². The Labute approximate surface area is 152 Å². The first kappa shape index (κ1) is 18.2. The molecule has 0 amide bonds. The molecule has 1 aliphatic rings. The van der Waals surface area contributed by atoms with E-state index in [1.54, 1.807) is 34.9 Å². The molecule has 0 radical (unpaired) electrons. The number of nitrogens with zero attached hydrogens (tertiary/aromatic N) is 3. The van der Waals surface area contributed by atoms with Crippen LogP contribution in [0.5, 0.6) is 0 Å². The maximum Gasteiger partial charge on any atom is 0.252 e. The second kappa shape index (κ2) is 6.95. The van der Waals surface area contributed by atoms with E-state index in [1.807, 2.05) is 24.8 Å². The van der Waals surface area contributed by atoms with Gasteiger partial charge in [0.05, 0.1) is 11.4 Å². The van der Waals surface area contributed by atoms with Gasteiger partial charge in [0, 0.05) is 36.7 Å². The van der Waals surface area contributed by atoms with E-state index in [9.17, 15) is 13.2 Å². The quantitative estimate of drug-likeness (QED) is 0.884. The zero-order valence-electron chi connectivity index (χ0n) is 15.1. The van der Waals surface area contributed by atoms with Gasteiger partial charge in [-0.15, -0.1) is 0 Å². The minimum absolute atomic E-state index is 0.0848. The maximum absolute atomic E-state index is 12.1. The molecule has 0 bridgehead atoms. The van der Waals surface area contributed by atoms with E-state index in [2.05, 4.69) is 10.3 Å². The monoisotopic (exact) mass is 374 g/mol. The minimum Gasteiger partial charge on any atom is -0.356 e. The lowest BCUT2D eigenvalue weighted by molar-refractivity contribution is 0.602. The molecule has 0 fully saturated rings. The Morgan fingerprint density at radius 2 is 1.96 bits per heavy atom. The van der Waals surface area contributed by atoms with Crippen molar-refractivity contribution in [3.05, 3.63) is 52.3 Å². The number of sulfone groups is 1. The van der Waals surface area contributed by atoms with Crippen molar-refractivity contribution in [1.82, 2.24) is 9.88 Å². The lowest BCUT2D eigenvalue weighted by Gasteiger charge is -2.31. The molecule has 0 saturated heterocycles. The van der Waals surface area contributed by atoms with Crippen molar-refractivity contribution in [2.45, 2.75) is 31.8 Å². The zero-order valence-corrected chi connectivity index (χ0v) is 15.9. The average Bonchev–Trinajstić information content (AvgIpc) is 2.61. The van der Waals surface area contributed by atoms with Crippen LogP contribution in [0, 0.1) is 0 Å². The molecule has 138 valence electrons. The van der Waals surface area contributed by atoms with Crippen molar-refractivity contribution in [3.63, 3.8) is 0 Å². The summed E-state index contributed by atoms with van der Waals surface area (Å²) in [4.78, 5) is 18.9. The van der Waals surface area contributed by atoms with Gasteiger partial charge in [-0.3, -0.25) is 9.36 Å². The lowest BCUT2D eigenvalue weighted by atomic mass is 10.2. The number of nitrogens with one attached hydrogen (secondary N) is 1. The number of rotatable bonds is 4. The SMILES string of the molecule is CCNC1=Nc2c(ccc(=O)n2CC)CN1c1cccc(S(C)(=O)=O)c1. The van der Waals surface area contributed by atoms with E-state index in [0.717, 1.165) is 11.3 Å². The number of hydrogen-bond acceptors (Lipinski definition) is 6. The van der Waals surface area contributed by atoms with Crippen molar-refractivity contribution in [3.8, 4) is 0 Å². The molecular formula is C18H22N4O3S. The highest BCUT2D eigenvalue weighted by molar-refractivity contribution is 7.90. The summed E-state index contributed by atoms with van der Waals surface area (Å²) in [6.45, 7) is 5.55. The molecule has 26 heavy (non-hydrogen) atoms. The Balaban J connectivity index is 2.13. The Morgan fingerprint density at radius 3 is 2.62 bits per heavy atom. The van der Waals surface area contributed by atoms with Gasteiger partial charge in [-0.25, -0.2) is 8.42 Å². The van der Waals surface area contributed by atoms with E-state index in [4.69, 9.17) is 0 Å². The van der Waals surface area contributed by atoms with Crippen molar-refractivity contribution >= 4 is 27.3 Å². The molecule has 2 heterocycles. The zero-order chi connectivity index (χ0) is 18.9. The highest BCUT2D eigenvalue weighted by atomic mass is 32.2. The van der Waals surface area contributed by atoms with Gasteiger partial charge in [0.2, 0.25) is 5.96 Å². The second-order valence-corrected chi connectivity index (χ2v) is 8.10. The Kier molecular flexibility index (Phi) is 4.86. The fourth-order valence-electron chi connectivity index (χ4n) is 2.97. The first-order chi connectivity index (χ1) is 12.3. The van der Waals surface area contributed by atoms with Gasteiger partial charge >= 0.3 is 0 Å². The number of hydrogen-bond donors (Lipinski definition) is 1. The second-order valence-electron chi connectivity index (χ2n) is 6.09. The van der Waals surface area contributed by atoms with Crippen LogP contribution in [0.4, 0.5) is 11.5 Å². The summed E-state index contributed by atoms with van der Waals surface area (Å²) in [6, 6.07) is 10.1. The molecule has 2 aromatic rings. The van der Waals surface area contributed by atoms with Crippen LogP contribution in [-0.4, -0.2) is 31.7 Å². The highest BCUT2D eigenvalue weighted by Crippen LogP contribution is 2.29. The predicted octanol–water partition coefficient (Wildman–Crippen LogP) is 1.89. The van der Waals surface area contributed by atoms with E-state index in [-0.39, 0.29) is 10.5 Å². The van der Waals surface area contributed by atoms with Crippen LogP contribution >= 0.6 is 0 Å². The van der Waals surface area contributed by atoms with Gasteiger partial charge in [0.25, 0.3) is 5.56 Å². The standard InChI is InChI=1S/C18H22N4O3S/c1-4-19-18-20-17-13(9-10-16(23)21(17)5-2)12-22(18)14-7-6-8-15(11-14)26(3,24)25/h6-11H,4-5,12H2,1-3H3,(H,19,20). The summed E-state index contributed by atoms with van der Waals surface area (Å²) in [5, 5.41) is 3.21. The van der Waals surface area contributed by atoms with Crippen LogP contribution < -0.4 is 15.8 Å². The molecule has 0 aliphatic carbocycles. The highest BCUT2D eigenvalue weighted by Gasteiger charge is 2.24. The van der Waals surface area contributed by atoms with Gasteiger partial charge in [-0.05, 0) is 38.1 Å². The van der Waals surface area contributed by atoms with Crippen LogP contribution in [0.1, 0.15) is 19.4 Å². The summed E-state index contributed by atoms with van der Waals surface area (Å²) < 4.78 is 25.4. The van der Waals surface area contributed by atoms with Crippen LogP contribution in [0.25, 0.3) is 0 Å². The molecule has 1 N–H and O–H groups in total. The van der Waals surface area contributed by atoms with E-state index in [0.29, 0.717) is 31.4 Å². The van der Waals surface area contributed by atoms with E-state index in [1.165, 1.54) is 6.26 Å². The number of pyridine rings is 1. The topological polar surface area (TPSA) is 83.8 Å². The van der Waals surface area contributed by atoms with Gasteiger partial charge in [-0.2, -0.15) is 4.99 Å².